The molecule has 0 fully saturated rings. The van der Waals surface area contributed by atoms with Crippen LogP contribution in [0.25, 0.3) is 0 Å². The highest BCUT2D eigenvalue weighted by molar-refractivity contribution is 6.04. The first kappa shape index (κ1) is 14.9. The minimum Gasteiger partial charge on any atom is -0.493 e. The monoisotopic (exact) mass is 285 g/mol. The van der Waals surface area contributed by atoms with Gasteiger partial charge in [-0.3, -0.25) is 4.79 Å². The predicted molar refractivity (Wildman–Crippen MR) is 83.3 cm³/mol. The quantitative estimate of drug-likeness (QED) is 0.914. The number of amides is 1. The molecule has 0 heterocycles. The summed E-state index contributed by atoms with van der Waals surface area (Å²) in [5.41, 5.74) is 2.49. The molecule has 0 aromatic heterocycles. The first-order valence-electron chi connectivity index (χ1n) is 6.80. The Morgan fingerprint density at radius 2 is 1.81 bits per heavy atom. The van der Waals surface area contributed by atoms with Crippen molar-refractivity contribution >= 4 is 11.6 Å². The molecule has 0 aliphatic heterocycles. The lowest BCUT2D eigenvalue weighted by molar-refractivity contribution is 0.102. The van der Waals surface area contributed by atoms with Gasteiger partial charge in [-0.15, -0.1) is 0 Å². The third-order valence-electron chi connectivity index (χ3n) is 3.24. The second-order valence-electron chi connectivity index (χ2n) is 4.58. The van der Waals surface area contributed by atoms with Crippen molar-refractivity contribution in [3.8, 4) is 11.5 Å². The molecule has 0 bridgehead atoms. The van der Waals surface area contributed by atoms with Crippen LogP contribution < -0.4 is 14.8 Å². The number of hydrogen-bond donors (Lipinski definition) is 1. The Morgan fingerprint density at radius 1 is 1.05 bits per heavy atom. The van der Waals surface area contributed by atoms with E-state index in [0.29, 0.717) is 17.1 Å². The van der Waals surface area contributed by atoms with Gasteiger partial charge < -0.3 is 14.8 Å². The summed E-state index contributed by atoms with van der Waals surface area (Å²) in [7, 11) is 3.11. The Bertz CT molecular complexity index is 638. The highest BCUT2D eigenvalue weighted by Crippen LogP contribution is 2.27. The van der Waals surface area contributed by atoms with Crippen LogP contribution in [0.1, 0.15) is 22.8 Å². The lowest BCUT2D eigenvalue weighted by Gasteiger charge is -2.10. The zero-order valence-electron chi connectivity index (χ0n) is 12.5. The van der Waals surface area contributed by atoms with E-state index in [1.807, 2.05) is 24.3 Å². The molecule has 110 valence electrons. The van der Waals surface area contributed by atoms with E-state index in [0.717, 1.165) is 12.1 Å². The van der Waals surface area contributed by atoms with Crippen molar-refractivity contribution in [2.24, 2.45) is 0 Å². The van der Waals surface area contributed by atoms with E-state index in [1.54, 1.807) is 32.4 Å². The minimum atomic E-state index is -0.177. The molecule has 0 spiro atoms. The van der Waals surface area contributed by atoms with Crippen molar-refractivity contribution in [1.29, 1.82) is 0 Å². The number of ether oxygens (including phenoxy) is 2. The summed E-state index contributed by atoms with van der Waals surface area (Å²) in [6, 6.07) is 12.9. The molecular formula is C17H19NO3. The molecule has 0 saturated carbocycles. The molecule has 2 rings (SSSR count). The van der Waals surface area contributed by atoms with Crippen molar-refractivity contribution in [3.05, 3.63) is 53.6 Å². The average molecular weight is 285 g/mol. The lowest BCUT2D eigenvalue weighted by Crippen LogP contribution is -2.12. The Hall–Kier alpha value is -2.49. The highest BCUT2D eigenvalue weighted by atomic mass is 16.5. The second-order valence-corrected chi connectivity index (χ2v) is 4.58. The van der Waals surface area contributed by atoms with Crippen molar-refractivity contribution in [2.45, 2.75) is 13.3 Å². The van der Waals surface area contributed by atoms with Crippen LogP contribution in [0.15, 0.2) is 42.5 Å². The molecule has 0 saturated heterocycles. The maximum atomic E-state index is 12.3. The number of anilines is 1. The number of hydrogen-bond acceptors (Lipinski definition) is 3. The van der Waals surface area contributed by atoms with Crippen LogP contribution in [-0.2, 0) is 6.42 Å². The first-order chi connectivity index (χ1) is 10.2. The van der Waals surface area contributed by atoms with Crippen LogP contribution >= 0.6 is 0 Å². The van der Waals surface area contributed by atoms with Crippen molar-refractivity contribution in [2.75, 3.05) is 19.5 Å². The number of nitrogens with one attached hydrogen (secondary N) is 1. The van der Waals surface area contributed by atoms with Gasteiger partial charge in [-0.05, 0) is 42.3 Å². The van der Waals surface area contributed by atoms with Gasteiger partial charge in [0, 0.05) is 11.3 Å². The van der Waals surface area contributed by atoms with Crippen LogP contribution in [0.3, 0.4) is 0 Å². The highest BCUT2D eigenvalue weighted by Gasteiger charge is 2.11. The third kappa shape index (κ3) is 3.54. The zero-order chi connectivity index (χ0) is 15.2. The number of carbonyl (C=O) groups excluding carboxylic acids is 1. The Morgan fingerprint density at radius 3 is 2.48 bits per heavy atom. The zero-order valence-corrected chi connectivity index (χ0v) is 12.5. The normalized spacial score (nSPS) is 10.0. The number of methoxy groups -OCH3 is 2. The molecule has 2 aromatic rings. The topological polar surface area (TPSA) is 47.6 Å². The molecule has 1 N–H and O–H groups in total. The van der Waals surface area contributed by atoms with Gasteiger partial charge in [0.1, 0.15) is 0 Å². The van der Waals surface area contributed by atoms with E-state index < -0.39 is 0 Å². The summed E-state index contributed by atoms with van der Waals surface area (Å²) >= 11 is 0. The van der Waals surface area contributed by atoms with E-state index >= 15 is 0 Å². The second kappa shape index (κ2) is 6.79. The van der Waals surface area contributed by atoms with E-state index in [2.05, 4.69) is 12.2 Å². The summed E-state index contributed by atoms with van der Waals surface area (Å²) in [6.45, 7) is 2.08. The average Bonchev–Trinajstić information content (AvgIpc) is 2.54. The molecule has 0 aliphatic carbocycles. The standard InChI is InChI=1S/C17H19NO3/c1-4-12-6-5-7-14(10-12)18-17(19)13-8-9-15(20-2)16(11-13)21-3/h5-11H,4H2,1-3H3,(H,18,19). The fourth-order valence-corrected chi connectivity index (χ4v) is 2.05. The fourth-order valence-electron chi connectivity index (χ4n) is 2.05. The molecule has 4 nitrogen and oxygen atoms in total. The number of benzene rings is 2. The van der Waals surface area contributed by atoms with Crippen LogP contribution in [0.4, 0.5) is 5.69 Å². The van der Waals surface area contributed by atoms with Crippen molar-refractivity contribution < 1.29 is 14.3 Å². The van der Waals surface area contributed by atoms with Gasteiger partial charge >= 0.3 is 0 Å². The van der Waals surface area contributed by atoms with E-state index in [4.69, 9.17) is 9.47 Å². The van der Waals surface area contributed by atoms with E-state index in [-0.39, 0.29) is 5.91 Å². The minimum absolute atomic E-state index is 0.177. The summed E-state index contributed by atoms with van der Waals surface area (Å²) in [4.78, 5) is 12.3. The Labute approximate surface area is 124 Å². The maximum Gasteiger partial charge on any atom is 0.255 e. The Kier molecular flexibility index (Phi) is 4.82. The van der Waals surface area contributed by atoms with Crippen LogP contribution in [0, 0.1) is 0 Å². The summed E-state index contributed by atoms with van der Waals surface area (Å²) in [5.74, 6) is 0.957. The van der Waals surface area contributed by atoms with Gasteiger partial charge in [0.2, 0.25) is 0 Å². The van der Waals surface area contributed by atoms with Crippen molar-refractivity contribution in [1.82, 2.24) is 0 Å². The van der Waals surface area contributed by atoms with Crippen LogP contribution in [0.2, 0.25) is 0 Å². The molecular weight excluding hydrogens is 266 g/mol. The van der Waals surface area contributed by atoms with Gasteiger partial charge in [-0.2, -0.15) is 0 Å². The summed E-state index contributed by atoms with van der Waals surface area (Å²) in [6.07, 6.45) is 0.931. The van der Waals surface area contributed by atoms with E-state index in [1.165, 1.54) is 5.56 Å². The number of aryl methyl sites for hydroxylation is 1. The molecule has 0 atom stereocenters. The SMILES string of the molecule is CCc1cccc(NC(=O)c2ccc(OC)c(OC)c2)c1. The van der Waals surface area contributed by atoms with E-state index in [9.17, 15) is 4.79 Å². The molecule has 0 aliphatic rings. The summed E-state index contributed by atoms with van der Waals surface area (Å²) < 4.78 is 10.4. The number of carbonyl (C=O) groups is 1. The number of rotatable bonds is 5. The van der Waals surface area contributed by atoms with Gasteiger partial charge in [0.25, 0.3) is 5.91 Å². The van der Waals surface area contributed by atoms with Gasteiger partial charge in [0.15, 0.2) is 11.5 Å². The Balaban J connectivity index is 2.19. The predicted octanol–water partition coefficient (Wildman–Crippen LogP) is 3.52. The largest absolute Gasteiger partial charge is 0.493 e. The smallest absolute Gasteiger partial charge is 0.255 e. The van der Waals surface area contributed by atoms with Crippen molar-refractivity contribution in [3.63, 3.8) is 0 Å². The molecule has 0 radical (unpaired) electrons. The maximum absolute atomic E-state index is 12.3. The molecule has 1 amide bonds. The van der Waals surface area contributed by atoms with Crippen LogP contribution in [-0.4, -0.2) is 20.1 Å². The van der Waals surface area contributed by atoms with Crippen LogP contribution in [0.5, 0.6) is 11.5 Å². The summed E-state index contributed by atoms with van der Waals surface area (Å²) in [5, 5.41) is 2.89. The lowest BCUT2D eigenvalue weighted by atomic mass is 10.1. The van der Waals surface area contributed by atoms with Gasteiger partial charge in [-0.25, -0.2) is 0 Å². The molecule has 0 unspecified atom stereocenters. The first-order valence-corrected chi connectivity index (χ1v) is 6.80. The molecule has 4 heteroatoms. The fraction of sp³-hybridized carbons (Fsp3) is 0.235. The van der Waals surface area contributed by atoms with Gasteiger partial charge in [-0.1, -0.05) is 19.1 Å². The van der Waals surface area contributed by atoms with Gasteiger partial charge in [0.05, 0.1) is 14.2 Å². The molecule has 21 heavy (non-hydrogen) atoms. The molecule has 2 aromatic carbocycles. The third-order valence-corrected chi connectivity index (χ3v) is 3.24.